The lowest BCUT2D eigenvalue weighted by Crippen LogP contribution is -2.45. The van der Waals surface area contributed by atoms with Gasteiger partial charge in [0.15, 0.2) is 0 Å². The predicted molar refractivity (Wildman–Crippen MR) is 105 cm³/mol. The van der Waals surface area contributed by atoms with Crippen LogP contribution in [-0.2, 0) is 21.0 Å². The normalized spacial score (nSPS) is 21.7. The van der Waals surface area contributed by atoms with E-state index >= 15 is 0 Å². The molecule has 1 aromatic rings. The average molecular weight is 444 g/mol. The van der Waals surface area contributed by atoms with E-state index in [9.17, 15) is 26.4 Å². The molecule has 1 aromatic carbocycles. The van der Waals surface area contributed by atoms with Gasteiger partial charge in [-0.1, -0.05) is 19.1 Å². The zero-order valence-electron chi connectivity index (χ0n) is 16.3. The van der Waals surface area contributed by atoms with Crippen molar-refractivity contribution < 1.29 is 26.4 Å². The number of aliphatic imine (C=N–C) groups is 1. The molecule has 0 saturated heterocycles. The third-order valence-corrected chi connectivity index (χ3v) is 6.50. The zero-order chi connectivity index (χ0) is 21.9. The van der Waals surface area contributed by atoms with Crippen LogP contribution in [0.4, 0.5) is 13.2 Å². The lowest BCUT2D eigenvalue weighted by Gasteiger charge is -2.32. The number of halogens is 3. The van der Waals surface area contributed by atoms with Crippen molar-refractivity contribution in [2.45, 2.75) is 62.2 Å². The number of guanidine groups is 1. The van der Waals surface area contributed by atoms with E-state index in [1.807, 2.05) is 6.92 Å². The first-order chi connectivity index (χ1) is 14.1. The maximum Gasteiger partial charge on any atom is 0.417 e. The third-order valence-electron chi connectivity index (χ3n) is 4.92. The van der Waals surface area contributed by atoms with Crippen molar-refractivity contribution in [3.05, 3.63) is 41.6 Å². The van der Waals surface area contributed by atoms with Gasteiger partial charge in [0.1, 0.15) is 0 Å². The van der Waals surface area contributed by atoms with Gasteiger partial charge in [-0.25, -0.2) is 18.1 Å². The fourth-order valence-electron chi connectivity index (χ4n) is 3.53. The minimum atomic E-state index is -4.77. The second kappa shape index (κ2) is 8.76. The van der Waals surface area contributed by atoms with Gasteiger partial charge < -0.3 is 5.32 Å². The predicted octanol–water partition coefficient (Wildman–Crippen LogP) is 2.66. The first-order valence-electron chi connectivity index (χ1n) is 9.62. The molecule has 1 amide bonds. The number of nitrogens with zero attached hydrogens (tertiary/aromatic N) is 1. The number of amides is 1. The summed E-state index contributed by atoms with van der Waals surface area (Å²) in [6, 6.07) is 3.37. The van der Waals surface area contributed by atoms with Crippen molar-refractivity contribution in [1.29, 1.82) is 0 Å². The maximum atomic E-state index is 13.2. The highest BCUT2D eigenvalue weighted by Gasteiger charge is 2.38. The Morgan fingerprint density at radius 1 is 1.27 bits per heavy atom. The summed E-state index contributed by atoms with van der Waals surface area (Å²) in [7, 11) is -4.35. The molecule has 2 atom stereocenters. The largest absolute Gasteiger partial charge is 0.417 e. The highest BCUT2D eigenvalue weighted by atomic mass is 32.2. The van der Waals surface area contributed by atoms with Crippen LogP contribution in [0.15, 0.2) is 45.9 Å². The van der Waals surface area contributed by atoms with Crippen LogP contribution < -0.4 is 15.4 Å². The van der Waals surface area contributed by atoms with Crippen LogP contribution in [0.25, 0.3) is 0 Å². The van der Waals surface area contributed by atoms with Crippen molar-refractivity contribution >= 4 is 21.9 Å². The van der Waals surface area contributed by atoms with Crippen molar-refractivity contribution in [1.82, 2.24) is 15.4 Å². The van der Waals surface area contributed by atoms with Gasteiger partial charge in [0, 0.05) is 18.7 Å². The van der Waals surface area contributed by atoms with Gasteiger partial charge in [-0.3, -0.25) is 10.1 Å². The quantitative estimate of drug-likeness (QED) is 0.650. The summed E-state index contributed by atoms with van der Waals surface area (Å²) in [4.78, 5) is 15.4. The Hall–Kier alpha value is -2.40. The van der Waals surface area contributed by atoms with E-state index in [0.29, 0.717) is 38.1 Å². The molecule has 3 rings (SSSR count). The minimum absolute atomic E-state index is 0.148. The van der Waals surface area contributed by atoms with Gasteiger partial charge in [-0.05, 0) is 43.4 Å². The van der Waals surface area contributed by atoms with Crippen LogP contribution >= 0.6 is 0 Å². The molecule has 1 fully saturated rings. The smallest absolute Gasteiger partial charge is 0.333 e. The van der Waals surface area contributed by atoms with Gasteiger partial charge in [0.05, 0.1) is 16.5 Å². The molecular formula is C19H23F3N4O3S. The number of hydrogen-bond acceptors (Lipinski definition) is 5. The van der Waals surface area contributed by atoms with Gasteiger partial charge >= 0.3 is 6.18 Å². The Labute approximate surface area is 172 Å². The van der Waals surface area contributed by atoms with E-state index in [1.54, 1.807) is 6.20 Å². The third kappa shape index (κ3) is 5.20. The summed E-state index contributed by atoms with van der Waals surface area (Å²) in [6.07, 6.45) is -0.780. The molecular weight excluding hydrogens is 421 g/mol. The zero-order valence-corrected chi connectivity index (χ0v) is 17.1. The molecule has 0 aromatic heterocycles. The Bertz CT molecular complexity index is 973. The van der Waals surface area contributed by atoms with Gasteiger partial charge in [-0.2, -0.15) is 13.2 Å². The number of carbonyl (C=O) groups excluding carboxylic acids is 1. The molecule has 2 unspecified atom stereocenters. The number of sulfonamides is 1. The van der Waals surface area contributed by atoms with Crippen molar-refractivity contribution in [2.75, 3.05) is 0 Å². The Morgan fingerprint density at radius 2 is 2.00 bits per heavy atom. The SMILES string of the molecule is CCCC(=O)NC1=NC2CCC(NS(=O)(=O)c3ccccc3C(F)(F)F)CC2=CN1. The first-order valence-corrected chi connectivity index (χ1v) is 11.1. The number of hydrogen-bond donors (Lipinski definition) is 3. The van der Waals surface area contributed by atoms with E-state index in [4.69, 9.17) is 0 Å². The lowest BCUT2D eigenvalue weighted by atomic mass is 9.87. The summed E-state index contributed by atoms with van der Waals surface area (Å²) in [6.45, 7) is 1.89. The van der Waals surface area contributed by atoms with E-state index in [-0.39, 0.29) is 11.9 Å². The Kier molecular flexibility index (Phi) is 6.51. The molecule has 0 radical (unpaired) electrons. The summed E-state index contributed by atoms with van der Waals surface area (Å²) in [5, 5.41) is 5.56. The molecule has 7 nitrogen and oxygen atoms in total. The van der Waals surface area contributed by atoms with Crippen LogP contribution in [0.5, 0.6) is 0 Å². The van der Waals surface area contributed by atoms with Crippen LogP contribution in [0.2, 0.25) is 0 Å². The number of carbonyl (C=O) groups is 1. The molecule has 0 spiro atoms. The molecule has 1 saturated carbocycles. The summed E-state index contributed by atoms with van der Waals surface area (Å²) < 4.78 is 67.3. The number of benzene rings is 1. The number of nitrogens with one attached hydrogen (secondary N) is 3. The average Bonchev–Trinajstić information content (AvgIpc) is 2.67. The van der Waals surface area contributed by atoms with E-state index in [0.717, 1.165) is 23.8 Å². The molecule has 11 heteroatoms. The van der Waals surface area contributed by atoms with Crippen LogP contribution in [-0.4, -0.2) is 32.4 Å². The fraction of sp³-hybridized carbons (Fsp3) is 0.474. The Balaban J connectivity index is 1.68. The molecule has 1 heterocycles. The molecule has 0 bridgehead atoms. The van der Waals surface area contributed by atoms with Crippen molar-refractivity contribution in [3.8, 4) is 0 Å². The van der Waals surface area contributed by atoms with Gasteiger partial charge in [-0.15, -0.1) is 0 Å². The van der Waals surface area contributed by atoms with Crippen LogP contribution in [0.1, 0.15) is 44.6 Å². The summed E-state index contributed by atoms with van der Waals surface area (Å²) >= 11 is 0. The molecule has 1 aliphatic carbocycles. The monoisotopic (exact) mass is 444 g/mol. The lowest BCUT2D eigenvalue weighted by molar-refractivity contribution is -0.139. The van der Waals surface area contributed by atoms with Gasteiger partial charge in [0.2, 0.25) is 21.9 Å². The van der Waals surface area contributed by atoms with Gasteiger partial charge in [0.25, 0.3) is 0 Å². The number of fused-ring (bicyclic) bond motifs is 1. The molecule has 3 N–H and O–H groups in total. The van der Waals surface area contributed by atoms with E-state index in [2.05, 4.69) is 20.3 Å². The van der Waals surface area contributed by atoms with E-state index in [1.165, 1.54) is 6.07 Å². The molecule has 30 heavy (non-hydrogen) atoms. The fourth-order valence-corrected chi connectivity index (χ4v) is 5.03. The van der Waals surface area contributed by atoms with Crippen LogP contribution in [0, 0.1) is 0 Å². The van der Waals surface area contributed by atoms with Crippen molar-refractivity contribution in [2.24, 2.45) is 4.99 Å². The second-order valence-corrected chi connectivity index (χ2v) is 8.93. The summed E-state index contributed by atoms with van der Waals surface area (Å²) in [5.74, 6) is 0.200. The minimum Gasteiger partial charge on any atom is -0.333 e. The molecule has 1 aliphatic heterocycles. The molecule has 164 valence electrons. The highest BCUT2D eigenvalue weighted by Crippen LogP contribution is 2.35. The van der Waals surface area contributed by atoms with E-state index < -0.39 is 32.7 Å². The second-order valence-electron chi connectivity index (χ2n) is 7.25. The van der Waals surface area contributed by atoms with Crippen LogP contribution in [0.3, 0.4) is 0 Å². The Morgan fingerprint density at radius 3 is 2.70 bits per heavy atom. The topological polar surface area (TPSA) is 99.7 Å². The maximum absolute atomic E-state index is 13.2. The first kappa shape index (κ1) is 22.3. The number of alkyl halides is 3. The molecule has 2 aliphatic rings. The van der Waals surface area contributed by atoms with Crippen molar-refractivity contribution in [3.63, 3.8) is 0 Å². The number of rotatable bonds is 5. The summed E-state index contributed by atoms with van der Waals surface area (Å²) in [5.41, 5.74) is -0.367. The highest BCUT2D eigenvalue weighted by molar-refractivity contribution is 7.89. The standard InChI is InChI=1S/C19H23F3N4O3S/c1-2-5-17(27)25-18-23-11-12-10-13(8-9-15(12)24-18)26-30(28,29)16-7-4-3-6-14(16)19(20,21)22/h3-4,6-7,11,13,15,26H,2,5,8-10H2,1H3,(H2,23,24,25,27).